The predicted octanol–water partition coefficient (Wildman–Crippen LogP) is 3.19. The third kappa shape index (κ3) is 6.12. The summed E-state index contributed by atoms with van der Waals surface area (Å²) in [6.07, 6.45) is 4.41. The van der Waals surface area contributed by atoms with Gasteiger partial charge in [-0.05, 0) is 43.4 Å². The molecule has 6 heteroatoms. The van der Waals surface area contributed by atoms with Gasteiger partial charge >= 0.3 is 6.03 Å². The Morgan fingerprint density at radius 2 is 2.20 bits per heavy atom. The van der Waals surface area contributed by atoms with E-state index in [1.807, 2.05) is 18.2 Å². The van der Waals surface area contributed by atoms with E-state index in [9.17, 15) is 4.79 Å². The SMILES string of the molecule is CCCOc1ccc(CNC(=O)N(C)CC2CCCCO2)cc1OC. The van der Waals surface area contributed by atoms with Crippen LogP contribution in [-0.2, 0) is 11.3 Å². The molecule has 1 heterocycles. The molecule has 1 fully saturated rings. The largest absolute Gasteiger partial charge is 0.493 e. The number of carbonyl (C=O) groups excluding carboxylic acids is 1. The standard InChI is InChI=1S/C19H30N2O4/c1-4-10-25-17-9-8-15(12-18(17)23-3)13-20-19(22)21(2)14-16-7-5-6-11-24-16/h8-9,12,16H,4-7,10-11,13-14H2,1-3H3,(H,20,22). The fourth-order valence-corrected chi connectivity index (χ4v) is 2.81. The third-order valence-electron chi connectivity index (χ3n) is 4.23. The molecule has 0 saturated carbocycles. The number of hydrogen-bond acceptors (Lipinski definition) is 4. The lowest BCUT2D eigenvalue weighted by Crippen LogP contribution is -2.42. The fraction of sp³-hybridized carbons (Fsp3) is 0.632. The van der Waals surface area contributed by atoms with Gasteiger partial charge in [0.15, 0.2) is 11.5 Å². The number of nitrogens with one attached hydrogen (secondary N) is 1. The molecular weight excluding hydrogens is 320 g/mol. The number of amides is 2. The van der Waals surface area contributed by atoms with Crippen LogP contribution in [0.3, 0.4) is 0 Å². The van der Waals surface area contributed by atoms with E-state index in [1.165, 1.54) is 6.42 Å². The van der Waals surface area contributed by atoms with Crippen molar-refractivity contribution in [3.8, 4) is 11.5 Å². The summed E-state index contributed by atoms with van der Waals surface area (Å²) < 4.78 is 16.7. The molecule has 1 unspecified atom stereocenters. The van der Waals surface area contributed by atoms with E-state index in [4.69, 9.17) is 14.2 Å². The van der Waals surface area contributed by atoms with E-state index >= 15 is 0 Å². The first-order valence-corrected chi connectivity index (χ1v) is 9.04. The Kier molecular flexibility index (Phi) is 7.85. The zero-order valence-electron chi connectivity index (χ0n) is 15.5. The molecule has 1 aliphatic heterocycles. The van der Waals surface area contributed by atoms with E-state index in [0.29, 0.717) is 25.4 Å². The van der Waals surface area contributed by atoms with E-state index in [1.54, 1.807) is 19.1 Å². The van der Waals surface area contributed by atoms with Gasteiger partial charge in [-0.2, -0.15) is 0 Å². The minimum absolute atomic E-state index is 0.0977. The maximum atomic E-state index is 12.3. The van der Waals surface area contributed by atoms with Gasteiger partial charge < -0.3 is 24.4 Å². The lowest BCUT2D eigenvalue weighted by atomic mass is 10.1. The van der Waals surface area contributed by atoms with Gasteiger partial charge in [0.05, 0.1) is 19.8 Å². The third-order valence-corrected chi connectivity index (χ3v) is 4.23. The van der Waals surface area contributed by atoms with Gasteiger partial charge in [-0.1, -0.05) is 13.0 Å². The number of urea groups is 1. The van der Waals surface area contributed by atoms with Crippen molar-refractivity contribution in [2.45, 2.75) is 45.3 Å². The fourth-order valence-electron chi connectivity index (χ4n) is 2.81. The lowest BCUT2D eigenvalue weighted by Gasteiger charge is -2.27. The van der Waals surface area contributed by atoms with Gasteiger partial charge in [0.1, 0.15) is 0 Å². The van der Waals surface area contributed by atoms with Gasteiger partial charge in [0, 0.05) is 26.7 Å². The second-order valence-corrected chi connectivity index (χ2v) is 6.36. The van der Waals surface area contributed by atoms with Crippen LogP contribution in [0.2, 0.25) is 0 Å². The first-order chi connectivity index (χ1) is 12.1. The molecule has 2 amide bonds. The van der Waals surface area contributed by atoms with Crippen molar-refractivity contribution in [1.29, 1.82) is 0 Å². The molecule has 0 aliphatic carbocycles. The maximum Gasteiger partial charge on any atom is 0.317 e. The quantitative estimate of drug-likeness (QED) is 0.782. The van der Waals surface area contributed by atoms with Crippen LogP contribution in [0.25, 0.3) is 0 Å². The highest BCUT2D eigenvalue weighted by atomic mass is 16.5. The predicted molar refractivity (Wildman–Crippen MR) is 97.2 cm³/mol. The van der Waals surface area contributed by atoms with Crippen molar-refractivity contribution in [3.63, 3.8) is 0 Å². The molecule has 140 valence electrons. The van der Waals surface area contributed by atoms with Crippen LogP contribution >= 0.6 is 0 Å². The van der Waals surface area contributed by atoms with E-state index in [0.717, 1.165) is 37.2 Å². The van der Waals surface area contributed by atoms with Crippen molar-refractivity contribution in [1.82, 2.24) is 10.2 Å². The molecule has 6 nitrogen and oxygen atoms in total. The highest BCUT2D eigenvalue weighted by molar-refractivity contribution is 5.73. The monoisotopic (exact) mass is 350 g/mol. The Balaban J connectivity index is 1.83. The summed E-state index contributed by atoms with van der Waals surface area (Å²) in [5.41, 5.74) is 0.969. The molecular formula is C19H30N2O4. The van der Waals surface area contributed by atoms with Crippen molar-refractivity contribution < 1.29 is 19.0 Å². The Bertz CT molecular complexity index is 544. The van der Waals surface area contributed by atoms with Gasteiger partial charge in [-0.25, -0.2) is 4.79 Å². The molecule has 1 aromatic carbocycles. The molecule has 1 atom stereocenters. The summed E-state index contributed by atoms with van der Waals surface area (Å²) >= 11 is 0. The first kappa shape index (κ1) is 19.4. The molecule has 1 N–H and O–H groups in total. The summed E-state index contributed by atoms with van der Waals surface area (Å²) in [6, 6.07) is 5.63. The summed E-state index contributed by atoms with van der Waals surface area (Å²) in [5, 5.41) is 2.94. The first-order valence-electron chi connectivity index (χ1n) is 9.04. The zero-order valence-corrected chi connectivity index (χ0v) is 15.5. The van der Waals surface area contributed by atoms with E-state index in [2.05, 4.69) is 12.2 Å². The van der Waals surface area contributed by atoms with Crippen molar-refractivity contribution >= 4 is 6.03 Å². The summed E-state index contributed by atoms with van der Waals surface area (Å²) in [7, 11) is 3.42. The Morgan fingerprint density at radius 1 is 1.36 bits per heavy atom. The molecule has 1 saturated heterocycles. The average Bonchev–Trinajstić information content (AvgIpc) is 2.65. The van der Waals surface area contributed by atoms with Gasteiger partial charge in [-0.3, -0.25) is 0 Å². The Morgan fingerprint density at radius 3 is 2.88 bits per heavy atom. The topological polar surface area (TPSA) is 60.0 Å². The number of nitrogens with zero attached hydrogens (tertiary/aromatic N) is 1. The van der Waals surface area contributed by atoms with Crippen LogP contribution in [0, 0.1) is 0 Å². The van der Waals surface area contributed by atoms with E-state index < -0.39 is 0 Å². The normalized spacial score (nSPS) is 17.0. The van der Waals surface area contributed by atoms with Crippen LogP contribution in [0.1, 0.15) is 38.2 Å². The smallest absolute Gasteiger partial charge is 0.317 e. The number of rotatable bonds is 8. The number of likely N-dealkylation sites (N-methyl/N-ethyl adjacent to an activating group) is 1. The summed E-state index contributed by atoms with van der Waals surface area (Å²) in [4.78, 5) is 13.9. The molecule has 25 heavy (non-hydrogen) atoms. The molecule has 2 rings (SSSR count). The second kappa shape index (κ2) is 10.1. The van der Waals surface area contributed by atoms with Crippen molar-refractivity contribution in [2.75, 3.05) is 33.9 Å². The van der Waals surface area contributed by atoms with Gasteiger partial charge in [-0.15, -0.1) is 0 Å². The Labute approximate surface area is 150 Å². The second-order valence-electron chi connectivity index (χ2n) is 6.36. The molecule has 0 bridgehead atoms. The molecule has 0 spiro atoms. The minimum Gasteiger partial charge on any atom is -0.493 e. The highest BCUT2D eigenvalue weighted by Crippen LogP contribution is 2.28. The van der Waals surface area contributed by atoms with Gasteiger partial charge in [0.25, 0.3) is 0 Å². The number of methoxy groups -OCH3 is 1. The number of benzene rings is 1. The average molecular weight is 350 g/mol. The number of carbonyl (C=O) groups is 1. The lowest BCUT2D eigenvalue weighted by molar-refractivity contribution is 0.00385. The van der Waals surface area contributed by atoms with Crippen LogP contribution in [0.4, 0.5) is 4.79 Å². The maximum absolute atomic E-state index is 12.3. The molecule has 0 aromatic heterocycles. The molecule has 1 aliphatic rings. The van der Waals surface area contributed by atoms with Gasteiger partial charge in [0.2, 0.25) is 0 Å². The summed E-state index contributed by atoms with van der Waals surface area (Å²) in [5.74, 6) is 1.41. The van der Waals surface area contributed by atoms with E-state index in [-0.39, 0.29) is 12.1 Å². The number of hydrogen-bond donors (Lipinski definition) is 1. The summed E-state index contributed by atoms with van der Waals surface area (Å²) in [6.45, 7) is 4.58. The number of ether oxygens (including phenoxy) is 3. The minimum atomic E-state index is -0.0977. The molecule has 0 radical (unpaired) electrons. The van der Waals surface area contributed by atoms with Crippen LogP contribution < -0.4 is 14.8 Å². The van der Waals surface area contributed by atoms with Crippen LogP contribution in [-0.4, -0.2) is 51.0 Å². The highest BCUT2D eigenvalue weighted by Gasteiger charge is 2.18. The van der Waals surface area contributed by atoms with Crippen LogP contribution in [0.5, 0.6) is 11.5 Å². The zero-order chi connectivity index (χ0) is 18.1. The van der Waals surface area contributed by atoms with Crippen LogP contribution in [0.15, 0.2) is 18.2 Å². The van der Waals surface area contributed by atoms with Crippen molar-refractivity contribution in [2.24, 2.45) is 0 Å². The van der Waals surface area contributed by atoms with Crippen molar-refractivity contribution in [3.05, 3.63) is 23.8 Å². The molecule has 1 aromatic rings. The Hall–Kier alpha value is -1.95.